The fourth-order valence-corrected chi connectivity index (χ4v) is 2.59. The summed E-state index contributed by atoms with van der Waals surface area (Å²) >= 11 is 0. The van der Waals surface area contributed by atoms with Crippen molar-refractivity contribution in [3.8, 4) is 11.8 Å². The zero-order chi connectivity index (χ0) is 15.2. The molecule has 0 saturated heterocycles. The third-order valence-corrected chi connectivity index (χ3v) is 3.71. The third kappa shape index (κ3) is 3.10. The Kier molecular flexibility index (Phi) is 4.36. The molecule has 2 nitrogen and oxygen atoms in total. The number of nitrogens with zero attached hydrogens (tertiary/aromatic N) is 1. The number of fused-ring (bicyclic) bond motifs is 1. The molecule has 0 aromatic heterocycles. The van der Waals surface area contributed by atoms with Crippen LogP contribution >= 0.6 is 0 Å². The molecule has 0 radical (unpaired) electrons. The van der Waals surface area contributed by atoms with E-state index in [1.807, 2.05) is 54.6 Å². The first-order valence-electron chi connectivity index (χ1n) is 7.47. The summed E-state index contributed by atoms with van der Waals surface area (Å²) in [6.45, 7) is 0.613. The maximum atomic E-state index is 9.42. The van der Waals surface area contributed by atoms with Crippen molar-refractivity contribution in [2.75, 3.05) is 6.61 Å². The summed E-state index contributed by atoms with van der Waals surface area (Å²) < 4.78 is 5.84. The summed E-state index contributed by atoms with van der Waals surface area (Å²) in [5, 5.41) is 11.4. The van der Waals surface area contributed by atoms with Gasteiger partial charge in [0.1, 0.15) is 17.4 Å². The highest BCUT2D eigenvalue weighted by atomic mass is 16.5. The Hall–Kier alpha value is -2.79. The summed E-state index contributed by atoms with van der Waals surface area (Å²) in [5.41, 5.74) is 1.93. The topological polar surface area (TPSA) is 33.0 Å². The molecule has 0 spiro atoms. The number of benzene rings is 3. The van der Waals surface area contributed by atoms with Gasteiger partial charge < -0.3 is 4.74 Å². The van der Waals surface area contributed by atoms with E-state index in [9.17, 15) is 5.26 Å². The van der Waals surface area contributed by atoms with Gasteiger partial charge >= 0.3 is 0 Å². The molecular weight excluding hydrogens is 270 g/mol. The van der Waals surface area contributed by atoms with Crippen LogP contribution in [0, 0.1) is 11.3 Å². The maximum absolute atomic E-state index is 9.42. The summed E-state index contributed by atoms with van der Waals surface area (Å²) in [5.74, 6) is 0.675. The van der Waals surface area contributed by atoms with Crippen molar-refractivity contribution in [3.63, 3.8) is 0 Å². The van der Waals surface area contributed by atoms with E-state index in [2.05, 4.69) is 18.2 Å². The first-order chi connectivity index (χ1) is 10.9. The number of rotatable bonds is 5. The van der Waals surface area contributed by atoms with E-state index >= 15 is 0 Å². The van der Waals surface area contributed by atoms with E-state index in [0.717, 1.165) is 23.6 Å². The largest absolute Gasteiger partial charge is 0.492 e. The van der Waals surface area contributed by atoms with Crippen LogP contribution in [0.25, 0.3) is 10.8 Å². The summed E-state index contributed by atoms with van der Waals surface area (Å²) in [4.78, 5) is 0. The average molecular weight is 287 g/mol. The molecule has 3 rings (SSSR count). The molecule has 3 aromatic rings. The molecule has 0 amide bonds. The molecule has 0 aliphatic rings. The van der Waals surface area contributed by atoms with Gasteiger partial charge in [-0.2, -0.15) is 5.26 Å². The number of hydrogen-bond donors (Lipinski definition) is 0. The number of nitriles is 1. The summed E-state index contributed by atoms with van der Waals surface area (Å²) in [7, 11) is 0. The monoisotopic (exact) mass is 287 g/mol. The van der Waals surface area contributed by atoms with Crippen LogP contribution in [0.5, 0.6) is 5.75 Å². The Bertz CT molecular complexity index is 803. The predicted molar refractivity (Wildman–Crippen MR) is 88.9 cm³/mol. The highest BCUT2D eigenvalue weighted by Gasteiger charge is 2.07. The van der Waals surface area contributed by atoms with Gasteiger partial charge in [-0.15, -0.1) is 0 Å². The van der Waals surface area contributed by atoms with Crippen molar-refractivity contribution < 1.29 is 4.74 Å². The van der Waals surface area contributed by atoms with Crippen LogP contribution in [0.2, 0.25) is 0 Å². The molecule has 22 heavy (non-hydrogen) atoms. The van der Waals surface area contributed by atoms with Gasteiger partial charge in [-0.05, 0) is 29.9 Å². The second kappa shape index (κ2) is 6.78. The molecule has 0 N–H and O–H groups in total. The fraction of sp³-hybridized carbons (Fsp3) is 0.150. The van der Waals surface area contributed by atoms with Crippen LogP contribution < -0.4 is 4.74 Å². The van der Waals surface area contributed by atoms with Gasteiger partial charge in [0.25, 0.3) is 0 Å². The SMILES string of the molecule is N#Cc1c(OCCCc2ccccc2)ccc2ccccc12. The van der Waals surface area contributed by atoms with E-state index in [1.54, 1.807) is 0 Å². The Morgan fingerprint density at radius 3 is 2.45 bits per heavy atom. The molecule has 2 heteroatoms. The van der Waals surface area contributed by atoms with Crippen LogP contribution in [0.4, 0.5) is 0 Å². The van der Waals surface area contributed by atoms with Crippen LogP contribution in [-0.4, -0.2) is 6.61 Å². The van der Waals surface area contributed by atoms with Crippen LogP contribution in [0.15, 0.2) is 66.7 Å². The minimum atomic E-state index is 0.613. The van der Waals surface area contributed by atoms with E-state index < -0.39 is 0 Å². The van der Waals surface area contributed by atoms with Crippen molar-refractivity contribution in [3.05, 3.63) is 77.9 Å². The van der Waals surface area contributed by atoms with E-state index in [4.69, 9.17) is 4.74 Å². The Morgan fingerprint density at radius 2 is 1.64 bits per heavy atom. The van der Waals surface area contributed by atoms with Crippen molar-refractivity contribution in [2.45, 2.75) is 12.8 Å². The Morgan fingerprint density at radius 1 is 0.864 bits per heavy atom. The lowest BCUT2D eigenvalue weighted by molar-refractivity contribution is 0.310. The predicted octanol–water partition coefficient (Wildman–Crippen LogP) is 4.72. The number of aryl methyl sites for hydroxylation is 1. The Balaban J connectivity index is 1.68. The van der Waals surface area contributed by atoms with Gasteiger partial charge in [0.05, 0.1) is 6.61 Å². The van der Waals surface area contributed by atoms with Gasteiger partial charge in [0.15, 0.2) is 0 Å². The minimum absolute atomic E-state index is 0.613. The lowest BCUT2D eigenvalue weighted by Gasteiger charge is -2.10. The zero-order valence-electron chi connectivity index (χ0n) is 12.3. The lowest BCUT2D eigenvalue weighted by Crippen LogP contribution is -2.01. The van der Waals surface area contributed by atoms with Crippen LogP contribution in [0.1, 0.15) is 17.5 Å². The molecule has 0 unspecified atom stereocenters. The maximum Gasteiger partial charge on any atom is 0.137 e. The highest BCUT2D eigenvalue weighted by Crippen LogP contribution is 2.27. The molecule has 3 aromatic carbocycles. The molecule has 0 bridgehead atoms. The van der Waals surface area contributed by atoms with Gasteiger partial charge in [-0.3, -0.25) is 0 Å². The number of ether oxygens (including phenoxy) is 1. The number of hydrogen-bond acceptors (Lipinski definition) is 2. The van der Waals surface area contributed by atoms with Gasteiger partial charge in [-0.25, -0.2) is 0 Å². The minimum Gasteiger partial charge on any atom is -0.492 e. The third-order valence-electron chi connectivity index (χ3n) is 3.71. The van der Waals surface area contributed by atoms with E-state index in [1.165, 1.54) is 5.56 Å². The second-order valence-corrected chi connectivity index (χ2v) is 5.21. The smallest absolute Gasteiger partial charge is 0.137 e. The normalized spacial score (nSPS) is 10.3. The quantitative estimate of drug-likeness (QED) is 0.636. The van der Waals surface area contributed by atoms with E-state index in [-0.39, 0.29) is 0 Å². The molecule has 0 heterocycles. The van der Waals surface area contributed by atoms with Crippen molar-refractivity contribution >= 4 is 10.8 Å². The standard InChI is InChI=1S/C20H17NO/c21-15-19-18-11-5-4-10-17(18)12-13-20(19)22-14-6-9-16-7-2-1-3-8-16/h1-5,7-8,10-13H,6,9,14H2. The first kappa shape index (κ1) is 14.2. The first-order valence-corrected chi connectivity index (χ1v) is 7.47. The lowest BCUT2D eigenvalue weighted by atomic mass is 10.0. The molecule has 0 atom stereocenters. The Labute approximate surface area is 130 Å². The fourth-order valence-electron chi connectivity index (χ4n) is 2.59. The molecule has 108 valence electrons. The average Bonchev–Trinajstić information content (AvgIpc) is 2.59. The summed E-state index contributed by atoms with van der Waals surface area (Å²) in [6.07, 6.45) is 1.91. The molecule has 0 saturated carbocycles. The van der Waals surface area contributed by atoms with Gasteiger partial charge in [0, 0.05) is 5.39 Å². The molecule has 0 fully saturated rings. The van der Waals surface area contributed by atoms with Crippen LogP contribution in [0.3, 0.4) is 0 Å². The van der Waals surface area contributed by atoms with Crippen molar-refractivity contribution in [2.24, 2.45) is 0 Å². The summed E-state index contributed by atoms with van der Waals surface area (Å²) in [6, 6.07) is 24.4. The molecule has 0 aliphatic heterocycles. The van der Waals surface area contributed by atoms with Crippen molar-refractivity contribution in [1.82, 2.24) is 0 Å². The van der Waals surface area contributed by atoms with Crippen LogP contribution in [-0.2, 0) is 6.42 Å². The van der Waals surface area contributed by atoms with E-state index in [0.29, 0.717) is 17.9 Å². The van der Waals surface area contributed by atoms with Gasteiger partial charge in [0.2, 0.25) is 0 Å². The second-order valence-electron chi connectivity index (χ2n) is 5.21. The molecule has 0 aliphatic carbocycles. The van der Waals surface area contributed by atoms with Gasteiger partial charge in [-0.1, -0.05) is 60.7 Å². The van der Waals surface area contributed by atoms with Crippen molar-refractivity contribution in [1.29, 1.82) is 5.26 Å². The molecular formula is C20H17NO. The zero-order valence-corrected chi connectivity index (χ0v) is 12.3. The highest BCUT2D eigenvalue weighted by molar-refractivity contribution is 5.90.